The zero-order chi connectivity index (χ0) is 20.3. The van der Waals surface area contributed by atoms with Crippen molar-refractivity contribution in [1.29, 1.82) is 0 Å². The molecule has 4 atom stereocenters. The highest BCUT2D eigenvalue weighted by molar-refractivity contribution is 7.55. The van der Waals surface area contributed by atoms with E-state index >= 15 is 0 Å². The Labute approximate surface area is 167 Å². The fourth-order valence-electron chi connectivity index (χ4n) is 3.45. The molecule has 0 fully saturated rings. The Morgan fingerprint density at radius 2 is 1.52 bits per heavy atom. The summed E-state index contributed by atoms with van der Waals surface area (Å²) >= 11 is 0. The summed E-state index contributed by atoms with van der Waals surface area (Å²) in [6.45, 7) is 11.2. The van der Waals surface area contributed by atoms with Crippen LogP contribution in [0.1, 0.15) is 92.4 Å². The minimum absolute atomic E-state index is 0.131. The topological polar surface area (TPSA) is 63.0 Å². The second-order valence-corrected chi connectivity index (χ2v) is 10.7. The average Bonchev–Trinajstić information content (AvgIpc) is 3.02. The van der Waals surface area contributed by atoms with Gasteiger partial charge in [0, 0.05) is 13.3 Å². The minimum atomic E-state index is -3.55. The normalized spacial score (nSPS) is 26.8. The molecule has 1 heterocycles. The summed E-state index contributed by atoms with van der Waals surface area (Å²) in [5, 5.41) is 11.3. The maximum atomic E-state index is 13.8. The van der Waals surface area contributed by atoms with E-state index in [1.165, 1.54) is 6.20 Å². The molecule has 0 bridgehead atoms. The lowest BCUT2D eigenvalue weighted by atomic mass is 10.0. The highest BCUT2D eigenvalue weighted by atomic mass is 31.2. The average molecular weight is 404 g/mol. The number of hydrogen-bond donors (Lipinski definition) is 1. The molecule has 1 N–H and O–H groups in total. The van der Waals surface area contributed by atoms with E-state index in [1.54, 1.807) is 13.0 Å². The summed E-state index contributed by atoms with van der Waals surface area (Å²) in [7, 11) is -3.55. The van der Waals surface area contributed by atoms with Crippen LogP contribution in [0.15, 0.2) is 12.3 Å². The lowest BCUT2D eigenvalue weighted by Gasteiger charge is -2.39. The van der Waals surface area contributed by atoms with E-state index in [-0.39, 0.29) is 5.06 Å². The number of rotatable bonds is 15. The summed E-state index contributed by atoms with van der Waals surface area (Å²) in [6.07, 6.45) is 12.4. The first-order valence-electron chi connectivity index (χ1n) is 11.0. The van der Waals surface area contributed by atoms with Crippen LogP contribution in [0.2, 0.25) is 0 Å². The predicted octanol–water partition coefficient (Wildman–Crippen LogP) is 5.66. The summed E-state index contributed by atoms with van der Waals surface area (Å²) in [5.74, 6) is 0.717. The van der Waals surface area contributed by atoms with E-state index in [1.807, 2.05) is 0 Å². The van der Waals surface area contributed by atoms with Crippen LogP contribution in [0.25, 0.3) is 0 Å². The molecule has 160 valence electrons. The van der Waals surface area contributed by atoms with Gasteiger partial charge in [0.15, 0.2) is 0 Å². The monoisotopic (exact) mass is 403 g/mol. The second kappa shape index (κ2) is 12.4. The van der Waals surface area contributed by atoms with Gasteiger partial charge in [-0.3, -0.25) is 4.57 Å². The van der Waals surface area contributed by atoms with E-state index in [9.17, 15) is 9.77 Å². The lowest BCUT2D eigenvalue weighted by Crippen LogP contribution is -3.09. The van der Waals surface area contributed by atoms with Crippen LogP contribution in [-0.2, 0) is 13.6 Å². The van der Waals surface area contributed by atoms with Crippen molar-refractivity contribution in [3.63, 3.8) is 0 Å². The van der Waals surface area contributed by atoms with Gasteiger partial charge >= 0.3 is 7.60 Å². The van der Waals surface area contributed by atoms with Crippen LogP contribution in [0, 0.1) is 17.0 Å². The quantitative estimate of drug-likeness (QED) is 0.283. The van der Waals surface area contributed by atoms with Crippen LogP contribution in [0.4, 0.5) is 0 Å². The molecular formula is C21H42NO4P. The van der Waals surface area contributed by atoms with Gasteiger partial charge in [0.1, 0.15) is 0 Å². The van der Waals surface area contributed by atoms with Gasteiger partial charge in [-0.2, -0.15) is 0 Å². The molecule has 4 unspecified atom stereocenters. The van der Waals surface area contributed by atoms with Gasteiger partial charge in [-0.05, 0) is 30.8 Å². The van der Waals surface area contributed by atoms with Crippen molar-refractivity contribution < 1.29 is 18.7 Å². The number of hydroxylamine groups is 2. The molecule has 0 saturated heterocycles. The fraction of sp³-hybridized carbons (Fsp3) is 0.905. The van der Waals surface area contributed by atoms with E-state index in [2.05, 4.69) is 27.7 Å². The van der Waals surface area contributed by atoms with Crippen molar-refractivity contribution in [2.45, 2.75) is 97.7 Å². The summed E-state index contributed by atoms with van der Waals surface area (Å²) in [4.78, 5) is 0. The first-order chi connectivity index (χ1) is 12.9. The Morgan fingerprint density at radius 1 is 1.04 bits per heavy atom. The molecule has 1 aliphatic rings. The van der Waals surface area contributed by atoms with Crippen molar-refractivity contribution in [3.8, 4) is 0 Å². The molecule has 0 aromatic heterocycles. The van der Waals surface area contributed by atoms with Gasteiger partial charge in [0.05, 0.1) is 19.4 Å². The molecule has 0 aliphatic carbocycles. The van der Waals surface area contributed by atoms with Crippen LogP contribution in [-0.4, -0.2) is 18.5 Å². The number of nitrogens with one attached hydrogen (secondary N) is 1. The van der Waals surface area contributed by atoms with Crippen molar-refractivity contribution in [2.24, 2.45) is 11.8 Å². The Kier molecular flexibility index (Phi) is 11.4. The molecule has 1 rings (SSSR count). The van der Waals surface area contributed by atoms with Gasteiger partial charge < -0.3 is 19.3 Å². The molecule has 0 amide bonds. The van der Waals surface area contributed by atoms with E-state index in [4.69, 9.17) is 9.05 Å². The molecule has 0 radical (unpaired) electrons. The van der Waals surface area contributed by atoms with Crippen LogP contribution in [0.3, 0.4) is 0 Å². The summed E-state index contributed by atoms with van der Waals surface area (Å²) < 4.78 is 25.8. The molecule has 0 spiro atoms. The third-order valence-electron chi connectivity index (χ3n) is 5.97. The highest BCUT2D eigenvalue weighted by Gasteiger charge is 2.54. The number of unbranched alkanes of at least 4 members (excludes halogenated alkanes) is 2. The fourth-order valence-corrected chi connectivity index (χ4v) is 5.58. The molecule has 6 heteroatoms. The van der Waals surface area contributed by atoms with Gasteiger partial charge in [0.2, 0.25) is 5.28 Å². The van der Waals surface area contributed by atoms with Gasteiger partial charge in [-0.25, -0.2) is 0 Å². The van der Waals surface area contributed by atoms with Crippen LogP contribution >= 0.6 is 7.60 Å². The van der Waals surface area contributed by atoms with Gasteiger partial charge in [0.25, 0.3) is 0 Å². The van der Waals surface area contributed by atoms with Crippen molar-refractivity contribution in [1.82, 2.24) is 0 Å². The van der Waals surface area contributed by atoms with Gasteiger partial charge in [-0.1, -0.05) is 66.2 Å². The number of quaternary nitrogens is 1. The Morgan fingerprint density at radius 3 is 1.85 bits per heavy atom. The molecule has 0 saturated carbocycles. The standard InChI is InChI=1S/C21H42NO4P/c1-6-10-13-19(8-3)17-25-27(24,21(5)15-12-16-22(21)23)26-18-20(9-4)14-11-7-2/h12,16,19-20,22H,6-11,13-15,17-18H2,1-5H3. The zero-order valence-electron chi connectivity index (χ0n) is 18.2. The summed E-state index contributed by atoms with van der Waals surface area (Å²) in [5.41, 5.74) is 0. The highest BCUT2D eigenvalue weighted by Crippen LogP contribution is 2.60. The number of hydrogen-bond acceptors (Lipinski definition) is 4. The predicted molar refractivity (Wildman–Crippen MR) is 113 cm³/mol. The first kappa shape index (κ1) is 24.8. The van der Waals surface area contributed by atoms with E-state index in [0.29, 0.717) is 31.5 Å². The summed E-state index contributed by atoms with van der Waals surface area (Å²) in [6, 6.07) is 0. The Hall–Kier alpha value is -0.190. The van der Waals surface area contributed by atoms with E-state index in [0.717, 1.165) is 51.4 Å². The van der Waals surface area contributed by atoms with E-state index < -0.39 is 12.9 Å². The molecular weight excluding hydrogens is 361 g/mol. The first-order valence-corrected chi connectivity index (χ1v) is 12.5. The van der Waals surface area contributed by atoms with Gasteiger partial charge in [-0.15, -0.1) is 0 Å². The SMILES string of the molecule is CCCCC(CC)COP(=O)(OCC(CC)CCCC)C1(C)CC=C[NH+]1[O-]. The maximum Gasteiger partial charge on any atom is 0.391 e. The third kappa shape index (κ3) is 6.97. The van der Waals surface area contributed by atoms with Crippen LogP contribution < -0.4 is 5.06 Å². The third-order valence-corrected chi connectivity index (χ3v) is 8.56. The molecule has 1 aliphatic heterocycles. The minimum Gasteiger partial charge on any atom is -0.628 e. The van der Waals surface area contributed by atoms with Crippen LogP contribution in [0.5, 0.6) is 0 Å². The lowest BCUT2D eigenvalue weighted by molar-refractivity contribution is -0.827. The van der Waals surface area contributed by atoms with Crippen molar-refractivity contribution >= 4 is 7.60 Å². The van der Waals surface area contributed by atoms with Crippen molar-refractivity contribution in [2.75, 3.05) is 13.2 Å². The maximum absolute atomic E-state index is 13.8. The molecule has 27 heavy (non-hydrogen) atoms. The zero-order valence-corrected chi connectivity index (χ0v) is 19.1. The molecule has 0 aromatic carbocycles. The smallest absolute Gasteiger partial charge is 0.391 e. The second-order valence-electron chi connectivity index (χ2n) is 8.17. The largest absolute Gasteiger partial charge is 0.628 e. The Bertz CT molecular complexity index is 461. The Balaban J connectivity index is 2.84. The molecule has 0 aromatic rings. The molecule has 5 nitrogen and oxygen atoms in total. The van der Waals surface area contributed by atoms with Crippen molar-refractivity contribution in [3.05, 3.63) is 17.5 Å².